The van der Waals surface area contributed by atoms with E-state index in [0.717, 1.165) is 7.11 Å². The Morgan fingerprint density at radius 3 is 2.29 bits per heavy atom. The zero-order valence-electron chi connectivity index (χ0n) is 19.5. The van der Waals surface area contributed by atoms with E-state index >= 15 is 0 Å². The highest BCUT2D eigenvalue weighted by Gasteiger charge is 2.56. The Labute approximate surface area is 201 Å². The molecule has 15 nitrogen and oxygen atoms in total. The van der Waals surface area contributed by atoms with Gasteiger partial charge in [-0.05, 0) is 13.3 Å². The van der Waals surface area contributed by atoms with E-state index in [1.54, 1.807) is 6.92 Å². The van der Waals surface area contributed by atoms with Crippen LogP contribution >= 0.6 is 0 Å². The molecule has 0 spiro atoms. The summed E-state index contributed by atoms with van der Waals surface area (Å²) in [5.74, 6) is -3.41. The molecule has 2 saturated heterocycles. The minimum atomic E-state index is -2.38. The van der Waals surface area contributed by atoms with Gasteiger partial charge in [-0.3, -0.25) is 14.9 Å². The molecule has 204 valence electrons. The summed E-state index contributed by atoms with van der Waals surface area (Å²) >= 11 is 0. The number of carbonyl (C=O) groups is 2. The van der Waals surface area contributed by atoms with E-state index in [1.807, 2.05) is 0 Å². The maximum absolute atomic E-state index is 12.1. The Hall–Kier alpha value is -1.50. The van der Waals surface area contributed by atoms with Crippen LogP contribution in [0.5, 0.6) is 0 Å². The minimum absolute atomic E-state index is 0.0128. The molecule has 0 aromatic carbocycles. The number of aliphatic hydroxyl groups is 7. The SMILES string of the molecule is CCNC(=O)CCC(NCC1(O)O[C@H](CO)[C@@H](O[C@H]2O[C@H](CO)[C@@H](O)[C@H](O)[C@H]2O)[C@@H]1O)C(=O)OC. The number of esters is 1. The maximum atomic E-state index is 12.1. The number of methoxy groups -OCH3 is 1. The molecule has 2 aliphatic rings. The molecule has 9 N–H and O–H groups in total. The summed E-state index contributed by atoms with van der Waals surface area (Å²) in [7, 11) is 1.14. The fraction of sp³-hybridized carbons (Fsp3) is 0.900. The van der Waals surface area contributed by atoms with Crippen LogP contribution in [0.3, 0.4) is 0 Å². The van der Waals surface area contributed by atoms with E-state index in [1.165, 1.54) is 0 Å². The van der Waals surface area contributed by atoms with Gasteiger partial charge in [0.15, 0.2) is 6.29 Å². The highest BCUT2D eigenvalue weighted by atomic mass is 16.7. The van der Waals surface area contributed by atoms with Crippen LogP contribution in [0.2, 0.25) is 0 Å². The molecule has 1 amide bonds. The van der Waals surface area contributed by atoms with Gasteiger partial charge in [0.05, 0.1) is 26.9 Å². The van der Waals surface area contributed by atoms with Crippen molar-refractivity contribution in [3.05, 3.63) is 0 Å². The van der Waals surface area contributed by atoms with Crippen molar-refractivity contribution >= 4 is 11.9 Å². The lowest BCUT2D eigenvalue weighted by atomic mass is 9.98. The summed E-state index contributed by atoms with van der Waals surface area (Å²) in [6, 6.07) is -1.04. The maximum Gasteiger partial charge on any atom is 0.322 e. The second-order valence-corrected chi connectivity index (χ2v) is 8.38. The van der Waals surface area contributed by atoms with E-state index < -0.39 is 86.6 Å². The van der Waals surface area contributed by atoms with Crippen LogP contribution in [0.25, 0.3) is 0 Å². The second kappa shape index (κ2) is 13.2. The van der Waals surface area contributed by atoms with Crippen molar-refractivity contribution in [2.45, 2.75) is 80.6 Å². The Bertz CT molecular complexity index is 698. The van der Waals surface area contributed by atoms with Crippen LogP contribution in [0.1, 0.15) is 19.8 Å². The highest BCUT2D eigenvalue weighted by molar-refractivity contribution is 5.79. The standard InChI is InChI=1S/C20H36N2O13/c1-3-21-12(25)5-4-9(18(30)32-2)22-8-20(31)17(29)16(11(7-24)35-20)34-19-15(28)14(27)13(26)10(6-23)33-19/h9-11,13-17,19,22-24,26-29,31H,3-8H2,1-2H3,(H,21,25)/t9?,10-,11-,13-,14+,15-,16-,17+,19-,20?/m1/s1. The second-order valence-electron chi connectivity index (χ2n) is 8.38. The molecule has 2 unspecified atom stereocenters. The summed E-state index contributed by atoms with van der Waals surface area (Å²) in [5.41, 5.74) is 0. The van der Waals surface area contributed by atoms with E-state index in [-0.39, 0.29) is 18.7 Å². The van der Waals surface area contributed by atoms with Crippen LogP contribution in [0.4, 0.5) is 0 Å². The highest BCUT2D eigenvalue weighted by Crippen LogP contribution is 2.34. The van der Waals surface area contributed by atoms with Gasteiger partial charge >= 0.3 is 5.97 Å². The van der Waals surface area contributed by atoms with E-state index in [2.05, 4.69) is 10.6 Å². The number of nitrogens with one attached hydrogen (secondary N) is 2. The third-order valence-corrected chi connectivity index (χ3v) is 5.94. The number of ether oxygens (including phenoxy) is 4. The molecule has 0 bridgehead atoms. The molecule has 2 fully saturated rings. The lowest BCUT2D eigenvalue weighted by Gasteiger charge is -2.41. The first-order chi connectivity index (χ1) is 16.5. The van der Waals surface area contributed by atoms with Crippen molar-refractivity contribution in [2.75, 3.05) is 33.4 Å². The fourth-order valence-corrected chi connectivity index (χ4v) is 3.92. The van der Waals surface area contributed by atoms with Crippen LogP contribution in [-0.4, -0.2) is 142 Å². The van der Waals surface area contributed by atoms with Gasteiger partial charge in [-0.15, -0.1) is 0 Å². The lowest BCUT2D eigenvalue weighted by Crippen LogP contribution is -2.61. The van der Waals surface area contributed by atoms with Gasteiger partial charge in [0, 0.05) is 13.0 Å². The van der Waals surface area contributed by atoms with E-state index in [4.69, 9.17) is 18.9 Å². The first-order valence-electron chi connectivity index (χ1n) is 11.3. The van der Waals surface area contributed by atoms with Gasteiger partial charge in [0.2, 0.25) is 11.7 Å². The normalized spacial score (nSPS) is 38.2. The molecular weight excluding hydrogens is 476 g/mol. The van der Waals surface area contributed by atoms with Crippen molar-refractivity contribution in [3.63, 3.8) is 0 Å². The van der Waals surface area contributed by atoms with Crippen molar-refractivity contribution in [1.29, 1.82) is 0 Å². The van der Waals surface area contributed by atoms with E-state index in [0.29, 0.717) is 6.54 Å². The molecule has 2 heterocycles. The molecule has 0 aromatic heterocycles. The molecule has 10 atom stereocenters. The van der Waals surface area contributed by atoms with Crippen molar-refractivity contribution < 1.29 is 64.3 Å². The monoisotopic (exact) mass is 512 g/mol. The molecule has 2 aliphatic heterocycles. The molecule has 15 heteroatoms. The van der Waals surface area contributed by atoms with Crippen LogP contribution < -0.4 is 10.6 Å². The first-order valence-corrected chi connectivity index (χ1v) is 11.3. The molecule has 2 rings (SSSR count). The predicted molar refractivity (Wildman–Crippen MR) is 113 cm³/mol. The molecule has 0 aliphatic carbocycles. The number of hydrogen-bond donors (Lipinski definition) is 9. The summed E-state index contributed by atoms with van der Waals surface area (Å²) in [6.45, 7) is 0.153. The van der Waals surface area contributed by atoms with Gasteiger partial charge in [-0.1, -0.05) is 0 Å². The molecule has 0 aromatic rings. The van der Waals surface area contributed by atoms with Gasteiger partial charge in [-0.25, -0.2) is 0 Å². The Morgan fingerprint density at radius 1 is 1.06 bits per heavy atom. The fourth-order valence-electron chi connectivity index (χ4n) is 3.92. The summed E-state index contributed by atoms with van der Waals surface area (Å²) in [4.78, 5) is 23.8. The number of hydrogen-bond acceptors (Lipinski definition) is 14. The lowest BCUT2D eigenvalue weighted by molar-refractivity contribution is -0.318. The topological polar surface area (TPSA) is 237 Å². The average molecular weight is 513 g/mol. The van der Waals surface area contributed by atoms with Crippen molar-refractivity contribution in [2.24, 2.45) is 0 Å². The molecule has 35 heavy (non-hydrogen) atoms. The van der Waals surface area contributed by atoms with Crippen LogP contribution in [0, 0.1) is 0 Å². The summed E-state index contributed by atoms with van der Waals surface area (Å²) < 4.78 is 20.8. The van der Waals surface area contributed by atoms with Crippen LogP contribution in [-0.2, 0) is 28.5 Å². The predicted octanol–water partition coefficient (Wildman–Crippen LogP) is -5.34. The van der Waals surface area contributed by atoms with Gasteiger partial charge < -0.3 is 60.0 Å². The number of rotatable bonds is 12. The number of amides is 1. The number of aliphatic hydroxyl groups excluding tert-OH is 6. The van der Waals surface area contributed by atoms with Crippen molar-refractivity contribution in [3.8, 4) is 0 Å². The van der Waals surface area contributed by atoms with Gasteiger partial charge in [-0.2, -0.15) is 0 Å². The third kappa shape index (κ3) is 7.05. The van der Waals surface area contributed by atoms with Gasteiger partial charge in [0.25, 0.3) is 0 Å². The zero-order chi connectivity index (χ0) is 26.3. The quantitative estimate of drug-likeness (QED) is 0.111. The first kappa shape index (κ1) is 29.7. The smallest absolute Gasteiger partial charge is 0.322 e. The third-order valence-electron chi connectivity index (χ3n) is 5.94. The molecular formula is C20H36N2O13. The summed E-state index contributed by atoms with van der Waals surface area (Å²) in [5, 5.41) is 75.9. The number of carbonyl (C=O) groups excluding carboxylic acids is 2. The van der Waals surface area contributed by atoms with E-state index in [9.17, 15) is 45.3 Å². The zero-order valence-corrected chi connectivity index (χ0v) is 19.5. The molecule has 0 saturated carbocycles. The van der Waals surface area contributed by atoms with Crippen LogP contribution in [0.15, 0.2) is 0 Å². The molecule has 0 radical (unpaired) electrons. The van der Waals surface area contributed by atoms with Gasteiger partial charge in [0.1, 0.15) is 48.8 Å². The Balaban J connectivity index is 2.08. The average Bonchev–Trinajstić information content (AvgIpc) is 3.08. The Kier molecular flexibility index (Phi) is 11.2. The largest absolute Gasteiger partial charge is 0.468 e. The summed E-state index contributed by atoms with van der Waals surface area (Å²) in [6.07, 6.45) is -12.8. The van der Waals surface area contributed by atoms with Crippen molar-refractivity contribution in [1.82, 2.24) is 10.6 Å². The Morgan fingerprint density at radius 2 is 1.71 bits per heavy atom. The minimum Gasteiger partial charge on any atom is -0.468 e.